The predicted octanol–water partition coefficient (Wildman–Crippen LogP) is 4.74. The second-order valence-corrected chi connectivity index (χ2v) is 6.61. The fourth-order valence-electron chi connectivity index (χ4n) is 1.49. The number of anilines is 2. The second kappa shape index (κ2) is 5.81. The Morgan fingerprint density at radius 3 is 2.55 bits per heavy atom. The number of para-hydroxylation sites is 1. The third kappa shape index (κ3) is 3.71. The maximum Gasteiger partial charge on any atom is 0.325 e. The average Bonchev–Trinajstić information content (AvgIpc) is 2.80. The molecule has 0 aliphatic rings. The van der Waals surface area contributed by atoms with Gasteiger partial charge in [-0.25, -0.2) is 9.78 Å². The van der Waals surface area contributed by atoms with E-state index in [2.05, 4.69) is 36.4 Å². The van der Waals surface area contributed by atoms with Gasteiger partial charge in [0, 0.05) is 10.8 Å². The van der Waals surface area contributed by atoms with Crippen LogP contribution in [-0.2, 0) is 5.41 Å². The molecule has 0 unspecified atom stereocenters. The molecule has 106 valence electrons. The minimum Gasteiger partial charge on any atom is -0.306 e. The van der Waals surface area contributed by atoms with Crippen molar-refractivity contribution < 1.29 is 4.79 Å². The van der Waals surface area contributed by atoms with Crippen molar-refractivity contribution in [3.63, 3.8) is 0 Å². The molecule has 1 aromatic heterocycles. The van der Waals surface area contributed by atoms with E-state index in [9.17, 15) is 4.79 Å². The zero-order valence-corrected chi connectivity index (χ0v) is 13.1. The summed E-state index contributed by atoms with van der Waals surface area (Å²) in [6.45, 7) is 6.24. The topological polar surface area (TPSA) is 54.0 Å². The highest BCUT2D eigenvalue weighted by molar-refractivity contribution is 7.14. The molecule has 20 heavy (non-hydrogen) atoms. The highest BCUT2D eigenvalue weighted by Crippen LogP contribution is 2.26. The van der Waals surface area contributed by atoms with Crippen LogP contribution in [0.1, 0.15) is 26.5 Å². The van der Waals surface area contributed by atoms with Gasteiger partial charge in [0.1, 0.15) is 0 Å². The number of hydrogen-bond donors (Lipinski definition) is 2. The Labute approximate surface area is 127 Å². The van der Waals surface area contributed by atoms with Crippen LogP contribution in [0.2, 0.25) is 5.02 Å². The van der Waals surface area contributed by atoms with Gasteiger partial charge in [0.15, 0.2) is 5.13 Å². The Kier molecular flexibility index (Phi) is 4.30. The van der Waals surface area contributed by atoms with Gasteiger partial charge in [-0.15, -0.1) is 11.3 Å². The molecule has 0 aliphatic heterocycles. The molecule has 1 aromatic carbocycles. The monoisotopic (exact) mass is 309 g/mol. The molecule has 2 rings (SSSR count). The molecule has 0 atom stereocenters. The van der Waals surface area contributed by atoms with Crippen LogP contribution < -0.4 is 10.6 Å². The number of halogens is 1. The number of urea groups is 1. The van der Waals surface area contributed by atoms with E-state index in [0.29, 0.717) is 15.8 Å². The van der Waals surface area contributed by atoms with Crippen LogP contribution in [0.15, 0.2) is 29.6 Å². The van der Waals surface area contributed by atoms with E-state index in [0.717, 1.165) is 5.69 Å². The highest BCUT2D eigenvalue weighted by Gasteiger charge is 2.18. The van der Waals surface area contributed by atoms with Gasteiger partial charge in [-0.3, -0.25) is 5.32 Å². The summed E-state index contributed by atoms with van der Waals surface area (Å²) < 4.78 is 0. The van der Waals surface area contributed by atoms with Crippen LogP contribution in [0.4, 0.5) is 15.6 Å². The molecular weight excluding hydrogens is 294 g/mol. The van der Waals surface area contributed by atoms with Crippen molar-refractivity contribution in [3.05, 3.63) is 40.4 Å². The lowest BCUT2D eigenvalue weighted by atomic mass is 9.93. The zero-order valence-electron chi connectivity index (χ0n) is 11.5. The molecule has 2 aromatic rings. The van der Waals surface area contributed by atoms with Crippen LogP contribution in [-0.4, -0.2) is 11.0 Å². The van der Waals surface area contributed by atoms with Crippen LogP contribution in [0.5, 0.6) is 0 Å². The number of aromatic nitrogens is 1. The molecule has 0 saturated carbocycles. The van der Waals surface area contributed by atoms with E-state index in [1.54, 1.807) is 12.1 Å². The number of amides is 2. The molecule has 0 spiro atoms. The lowest BCUT2D eigenvalue weighted by Gasteiger charge is -2.14. The van der Waals surface area contributed by atoms with Crippen LogP contribution in [0, 0.1) is 0 Å². The van der Waals surface area contributed by atoms with E-state index >= 15 is 0 Å². The molecular formula is C14H16ClN3OS. The van der Waals surface area contributed by atoms with E-state index in [1.807, 2.05) is 17.5 Å². The molecule has 0 saturated heterocycles. The first-order valence-corrected chi connectivity index (χ1v) is 7.40. The molecule has 4 nitrogen and oxygen atoms in total. The van der Waals surface area contributed by atoms with Crippen LogP contribution in [0.25, 0.3) is 0 Å². The van der Waals surface area contributed by atoms with E-state index in [4.69, 9.17) is 11.6 Å². The number of nitrogens with one attached hydrogen (secondary N) is 2. The third-order valence-corrected chi connectivity index (χ3v) is 3.70. The molecule has 0 aliphatic carbocycles. The van der Waals surface area contributed by atoms with Crippen molar-refractivity contribution in [2.45, 2.75) is 26.2 Å². The summed E-state index contributed by atoms with van der Waals surface area (Å²) in [7, 11) is 0. The summed E-state index contributed by atoms with van der Waals surface area (Å²) in [5.41, 5.74) is 1.49. The van der Waals surface area contributed by atoms with Crippen LogP contribution in [0.3, 0.4) is 0 Å². The molecule has 6 heteroatoms. The van der Waals surface area contributed by atoms with Gasteiger partial charge in [0.25, 0.3) is 0 Å². The fourth-order valence-corrected chi connectivity index (χ4v) is 2.60. The molecule has 0 fully saturated rings. The average molecular weight is 310 g/mol. The van der Waals surface area contributed by atoms with Crippen molar-refractivity contribution in [2.75, 3.05) is 10.6 Å². The summed E-state index contributed by atoms with van der Waals surface area (Å²) in [4.78, 5) is 16.3. The minimum atomic E-state index is -0.354. The Bertz CT molecular complexity index is 619. The Balaban J connectivity index is 2.02. The van der Waals surface area contributed by atoms with Crippen molar-refractivity contribution >= 4 is 39.8 Å². The lowest BCUT2D eigenvalue weighted by Crippen LogP contribution is -2.20. The molecule has 0 radical (unpaired) electrons. The van der Waals surface area contributed by atoms with Gasteiger partial charge in [0.2, 0.25) is 0 Å². The Hall–Kier alpha value is -1.59. The van der Waals surface area contributed by atoms with Gasteiger partial charge < -0.3 is 5.32 Å². The lowest BCUT2D eigenvalue weighted by molar-refractivity contribution is 0.262. The van der Waals surface area contributed by atoms with E-state index in [-0.39, 0.29) is 11.4 Å². The zero-order chi connectivity index (χ0) is 14.8. The standard InChI is InChI=1S/C14H16ClN3OS/c1-14(2,3)11-8-20-13(17-11)18-12(19)16-10-7-5-4-6-9(10)15/h4-8H,1-3H3,(H2,16,17,18,19). The molecule has 2 N–H and O–H groups in total. The maximum atomic E-state index is 11.9. The summed E-state index contributed by atoms with van der Waals surface area (Å²) >= 11 is 7.38. The fraction of sp³-hybridized carbons (Fsp3) is 0.286. The van der Waals surface area contributed by atoms with Gasteiger partial charge in [-0.05, 0) is 12.1 Å². The molecule has 0 bridgehead atoms. The number of carbonyl (C=O) groups excluding carboxylic acids is 1. The van der Waals surface area contributed by atoms with Gasteiger partial charge >= 0.3 is 6.03 Å². The SMILES string of the molecule is CC(C)(C)c1csc(NC(=O)Nc2ccccc2Cl)n1. The smallest absolute Gasteiger partial charge is 0.306 e. The van der Waals surface area contributed by atoms with Gasteiger partial charge in [0.05, 0.1) is 16.4 Å². The quantitative estimate of drug-likeness (QED) is 0.842. The second-order valence-electron chi connectivity index (χ2n) is 5.35. The van der Waals surface area contributed by atoms with Crippen molar-refractivity contribution in [2.24, 2.45) is 0 Å². The largest absolute Gasteiger partial charge is 0.325 e. The summed E-state index contributed by atoms with van der Waals surface area (Å²) in [6, 6.07) is 6.72. The third-order valence-electron chi connectivity index (χ3n) is 2.62. The number of thiazole rings is 1. The minimum absolute atomic E-state index is 0.0321. The maximum absolute atomic E-state index is 11.9. The molecule has 1 heterocycles. The number of nitrogens with zero attached hydrogens (tertiary/aromatic N) is 1. The van der Waals surface area contributed by atoms with Crippen molar-refractivity contribution in [3.8, 4) is 0 Å². The number of carbonyl (C=O) groups is 1. The number of rotatable bonds is 2. The summed E-state index contributed by atoms with van der Waals surface area (Å²) in [6.07, 6.45) is 0. The first-order valence-electron chi connectivity index (χ1n) is 6.15. The number of hydrogen-bond acceptors (Lipinski definition) is 3. The number of benzene rings is 1. The van der Waals surface area contributed by atoms with Crippen LogP contribution >= 0.6 is 22.9 Å². The normalized spacial score (nSPS) is 11.2. The van der Waals surface area contributed by atoms with E-state index < -0.39 is 0 Å². The summed E-state index contributed by atoms with van der Waals surface area (Å²) in [5, 5.41) is 8.42. The Morgan fingerprint density at radius 1 is 1.25 bits per heavy atom. The first-order chi connectivity index (χ1) is 9.36. The first kappa shape index (κ1) is 14.8. The summed E-state index contributed by atoms with van der Waals surface area (Å²) in [5.74, 6) is 0. The predicted molar refractivity (Wildman–Crippen MR) is 84.9 cm³/mol. The highest BCUT2D eigenvalue weighted by atomic mass is 35.5. The van der Waals surface area contributed by atoms with Crippen molar-refractivity contribution in [1.82, 2.24) is 4.98 Å². The Morgan fingerprint density at radius 2 is 1.95 bits per heavy atom. The van der Waals surface area contributed by atoms with E-state index in [1.165, 1.54) is 11.3 Å². The van der Waals surface area contributed by atoms with Gasteiger partial charge in [-0.2, -0.15) is 0 Å². The van der Waals surface area contributed by atoms with Crippen molar-refractivity contribution in [1.29, 1.82) is 0 Å². The molecule has 2 amide bonds. The van der Waals surface area contributed by atoms with Gasteiger partial charge in [-0.1, -0.05) is 44.5 Å².